The van der Waals surface area contributed by atoms with E-state index in [1.807, 2.05) is 12.1 Å². The van der Waals surface area contributed by atoms with E-state index in [-0.39, 0.29) is 0 Å². The van der Waals surface area contributed by atoms with Gasteiger partial charge in [0.2, 0.25) is 0 Å². The molecular weight excluding hydrogens is 316 g/mol. The molecule has 5 rings (SSSR count). The summed E-state index contributed by atoms with van der Waals surface area (Å²) in [6, 6.07) is 18.8. The molecule has 1 saturated carbocycles. The van der Waals surface area contributed by atoms with E-state index >= 15 is 0 Å². The van der Waals surface area contributed by atoms with Crippen LogP contribution in [-0.4, -0.2) is 17.0 Å². The lowest BCUT2D eigenvalue weighted by Crippen LogP contribution is -2.29. The van der Waals surface area contributed by atoms with Crippen LogP contribution in [0.1, 0.15) is 61.6 Å². The maximum atomic E-state index is 9.08. The smallest absolute Gasteiger partial charge is 0.0991 e. The molecular formula is C24H26N2. The van der Waals surface area contributed by atoms with Crippen molar-refractivity contribution >= 4 is 0 Å². The predicted molar refractivity (Wildman–Crippen MR) is 105 cm³/mol. The lowest BCUT2D eigenvalue weighted by Gasteiger charge is -2.25. The van der Waals surface area contributed by atoms with Crippen molar-refractivity contribution in [2.45, 2.75) is 63.6 Å². The van der Waals surface area contributed by atoms with E-state index in [0.29, 0.717) is 0 Å². The lowest BCUT2D eigenvalue weighted by molar-refractivity contribution is 0.231. The van der Waals surface area contributed by atoms with Gasteiger partial charge in [0.1, 0.15) is 0 Å². The zero-order valence-electron chi connectivity index (χ0n) is 15.5. The number of benzene rings is 2. The molecule has 2 aromatic rings. The van der Waals surface area contributed by atoms with Crippen molar-refractivity contribution in [2.24, 2.45) is 5.92 Å². The first-order chi connectivity index (χ1) is 12.7. The predicted octanol–water partition coefficient (Wildman–Crippen LogP) is 5.48. The van der Waals surface area contributed by atoms with Gasteiger partial charge in [-0.3, -0.25) is 4.90 Å². The van der Waals surface area contributed by atoms with Crippen LogP contribution in [-0.2, 0) is 6.54 Å². The third-order valence-electron chi connectivity index (χ3n) is 6.85. The number of fused-ring (bicyclic) bond motifs is 2. The minimum atomic E-state index is 0.731. The van der Waals surface area contributed by atoms with Crippen molar-refractivity contribution in [2.75, 3.05) is 0 Å². The zero-order chi connectivity index (χ0) is 17.7. The van der Waals surface area contributed by atoms with Gasteiger partial charge in [0.25, 0.3) is 0 Å². The first-order valence-corrected chi connectivity index (χ1v) is 10.1. The fraction of sp³-hybridized carbons (Fsp3) is 0.458. The Morgan fingerprint density at radius 1 is 1.04 bits per heavy atom. The van der Waals surface area contributed by atoms with Crippen molar-refractivity contribution < 1.29 is 0 Å². The van der Waals surface area contributed by atoms with Gasteiger partial charge in [-0.25, -0.2) is 0 Å². The molecule has 0 unspecified atom stereocenters. The summed E-state index contributed by atoms with van der Waals surface area (Å²) in [5, 5.41) is 9.08. The minimum absolute atomic E-state index is 0.731. The number of hydrogen-bond acceptors (Lipinski definition) is 2. The highest BCUT2D eigenvalue weighted by Gasteiger charge is 2.44. The number of rotatable bonds is 4. The van der Waals surface area contributed by atoms with E-state index < -0.39 is 0 Å². The maximum absolute atomic E-state index is 9.08. The van der Waals surface area contributed by atoms with Crippen LogP contribution in [0, 0.1) is 17.2 Å². The van der Waals surface area contributed by atoms with Crippen molar-refractivity contribution in [3.8, 4) is 17.2 Å². The molecule has 26 heavy (non-hydrogen) atoms. The molecule has 0 radical (unpaired) electrons. The minimum Gasteiger partial charge on any atom is -0.293 e. The SMILES string of the molecule is C[C@H]1C[C@H]2CC[C@@H]1N2Cc1cccc(-c2ccc(C#N)cc2)c1C1CC1. The molecule has 3 aliphatic rings. The van der Waals surface area contributed by atoms with Gasteiger partial charge in [-0.1, -0.05) is 37.3 Å². The highest BCUT2D eigenvalue weighted by atomic mass is 15.2. The van der Waals surface area contributed by atoms with Crippen molar-refractivity contribution in [1.82, 2.24) is 4.90 Å². The maximum Gasteiger partial charge on any atom is 0.0991 e. The van der Waals surface area contributed by atoms with Crippen LogP contribution < -0.4 is 0 Å². The number of nitrogens with zero attached hydrogens (tertiary/aromatic N) is 2. The molecule has 2 aromatic carbocycles. The molecule has 0 aromatic heterocycles. The molecule has 2 nitrogen and oxygen atoms in total. The zero-order valence-corrected chi connectivity index (χ0v) is 15.5. The van der Waals surface area contributed by atoms with Gasteiger partial charge in [-0.2, -0.15) is 5.26 Å². The first kappa shape index (κ1) is 16.1. The molecule has 0 amide bonds. The van der Waals surface area contributed by atoms with Crippen LogP contribution in [0.4, 0.5) is 0 Å². The molecule has 2 aliphatic heterocycles. The third-order valence-corrected chi connectivity index (χ3v) is 6.85. The van der Waals surface area contributed by atoms with Crippen LogP contribution in [0.25, 0.3) is 11.1 Å². The van der Waals surface area contributed by atoms with E-state index in [1.165, 1.54) is 43.2 Å². The van der Waals surface area contributed by atoms with E-state index in [4.69, 9.17) is 5.26 Å². The molecule has 2 heteroatoms. The average molecular weight is 342 g/mol. The highest BCUT2D eigenvalue weighted by Crippen LogP contribution is 2.48. The van der Waals surface area contributed by atoms with Gasteiger partial charge in [-0.15, -0.1) is 0 Å². The summed E-state index contributed by atoms with van der Waals surface area (Å²) in [7, 11) is 0. The molecule has 0 spiro atoms. The van der Waals surface area contributed by atoms with Crippen LogP contribution in [0.5, 0.6) is 0 Å². The van der Waals surface area contributed by atoms with Gasteiger partial charge >= 0.3 is 0 Å². The Bertz CT molecular complexity index is 857. The summed E-state index contributed by atoms with van der Waals surface area (Å²) >= 11 is 0. The summed E-state index contributed by atoms with van der Waals surface area (Å²) in [6.07, 6.45) is 6.81. The molecule has 3 fully saturated rings. The van der Waals surface area contributed by atoms with Crippen LogP contribution in [0.15, 0.2) is 42.5 Å². The second-order valence-corrected chi connectivity index (χ2v) is 8.53. The van der Waals surface area contributed by atoms with Crippen LogP contribution in [0.3, 0.4) is 0 Å². The van der Waals surface area contributed by atoms with E-state index in [2.05, 4.69) is 48.2 Å². The average Bonchev–Trinajstić information content (AvgIpc) is 3.39. The van der Waals surface area contributed by atoms with Crippen molar-refractivity contribution in [1.29, 1.82) is 5.26 Å². The molecule has 0 N–H and O–H groups in total. The van der Waals surface area contributed by atoms with Gasteiger partial charge in [0.15, 0.2) is 0 Å². The molecule has 2 saturated heterocycles. The fourth-order valence-corrected chi connectivity index (χ4v) is 5.44. The summed E-state index contributed by atoms with van der Waals surface area (Å²) in [5.74, 6) is 1.59. The van der Waals surface area contributed by atoms with E-state index in [1.54, 1.807) is 11.1 Å². The highest BCUT2D eigenvalue weighted by molar-refractivity contribution is 5.71. The molecule has 2 bridgehead atoms. The van der Waals surface area contributed by atoms with Crippen LogP contribution >= 0.6 is 0 Å². The Kier molecular flexibility index (Phi) is 3.87. The Morgan fingerprint density at radius 3 is 2.46 bits per heavy atom. The summed E-state index contributed by atoms with van der Waals surface area (Å²) in [4.78, 5) is 2.80. The quantitative estimate of drug-likeness (QED) is 0.736. The normalized spacial score (nSPS) is 27.6. The molecule has 1 aliphatic carbocycles. The summed E-state index contributed by atoms with van der Waals surface area (Å²) in [6.45, 7) is 3.56. The standard InChI is InChI=1S/C24H26N2/c1-16-13-21-11-12-23(16)26(21)15-20-3-2-4-22(24(20)19-9-10-19)18-7-5-17(14-25)6-8-18/h2-8,16,19,21,23H,9-13,15H2,1H3/t16-,21+,23-/m0/s1. The van der Waals surface area contributed by atoms with Gasteiger partial charge in [-0.05, 0) is 78.3 Å². The monoisotopic (exact) mass is 342 g/mol. The topological polar surface area (TPSA) is 27.0 Å². The van der Waals surface area contributed by atoms with Gasteiger partial charge in [0, 0.05) is 18.6 Å². The molecule has 3 atom stereocenters. The van der Waals surface area contributed by atoms with E-state index in [0.717, 1.165) is 36.0 Å². The second-order valence-electron chi connectivity index (χ2n) is 8.53. The molecule has 2 heterocycles. The summed E-state index contributed by atoms with van der Waals surface area (Å²) in [5.41, 5.74) is 6.50. The summed E-state index contributed by atoms with van der Waals surface area (Å²) < 4.78 is 0. The third kappa shape index (κ3) is 2.66. The largest absolute Gasteiger partial charge is 0.293 e. The number of nitriles is 1. The van der Waals surface area contributed by atoms with Crippen LogP contribution in [0.2, 0.25) is 0 Å². The second kappa shape index (κ2) is 6.25. The van der Waals surface area contributed by atoms with Gasteiger partial charge < -0.3 is 0 Å². The Labute approximate surface area is 156 Å². The van der Waals surface area contributed by atoms with Crippen molar-refractivity contribution in [3.63, 3.8) is 0 Å². The fourth-order valence-electron chi connectivity index (χ4n) is 5.44. The first-order valence-electron chi connectivity index (χ1n) is 10.1. The van der Waals surface area contributed by atoms with Gasteiger partial charge in [0.05, 0.1) is 11.6 Å². The Hall–Kier alpha value is -2.11. The Morgan fingerprint density at radius 2 is 1.85 bits per heavy atom. The lowest BCUT2D eigenvalue weighted by atomic mass is 9.91. The Balaban J connectivity index is 1.51. The van der Waals surface area contributed by atoms with E-state index in [9.17, 15) is 0 Å². The van der Waals surface area contributed by atoms with Crippen molar-refractivity contribution in [3.05, 3.63) is 59.2 Å². The number of hydrogen-bond donors (Lipinski definition) is 0. The molecule has 132 valence electrons.